The van der Waals surface area contributed by atoms with Gasteiger partial charge in [0.15, 0.2) is 11.5 Å². The molecule has 0 aromatic heterocycles. The van der Waals surface area contributed by atoms with Crippen molar-refractivity contribution in [1.82, 2.24) is 9.80 Å². The smallest absolute Gasteiger partial charge is 0.237 e. The largest absolute Gasteiger partial charge is 0.493 e. The number of carbonyl (C=O) groups is 1. The maximum Gasteiger partial charge on any atom is 0.237 e. The van der Waals surface area contributed by atoms with Crippen molar-refractivity contribution in [2.45, 2.75) is 50.8 Å². The van der Waals surface area contributed by atoms with Crippen molar-refractivity contribution < 1.29 is 19.4 Å². The molecule has 1 saturated heterocycles. The highest BCUT2D eigenvalue weighted by molar-refractivity contribution is 6.33. The molecular weight excluding hydrogens is 368 g/mol. The summed E-state index contributed by atoms with van der Waals surface area (Å²) in [6, 6.07) is 3.96. The van der Waals surface area contributed by atoms with Crippen LogP contribution < -0.4 is 9.47 Å². The van der Waals surface area contributed by atoms with E-state index in [9.17, 15) is 9.90 Å². The van der Waals surface area contributed by atoms with Crippen LogP contribution in [0.1, 0.15) is 37.7 Å². The van der Waals surface area contributed by atoms with Crippen LogP contribution >= 0.6 is 11.6 Å². The lowest BCUT2D eigenvalue weighted by molar-refractivity contribution is -0.134. The second-order valence-corrected chi connectivity index (χ2v) is 7.81. The van der Waals surface area contributed by atoms with Crippen LogP contribution in [0.4, 0.5) is 0 Å². The minimum Gasteiger partial charge on any atom is -0.493 e. The van der Waals surface area contributed by atoms with Crippen molar-refractivity contribution in [3.63, 3.8) is 0 Å². The molecule has 1 N–H and O–H groups in total. The van der Waals surface area contributed by atoms with Crippen LogP contribution in [0.2, 0.25) is 5.02 Å². The second-order valence-electron chi connectivity index (χ2n) is 7.44. The highest BCUT2D eigenvalue weighted by Gasteiger charge is 2.32. The summed E-state index contributed by atoms with van der Waals surface area (Å²) >= 11 is 6.49. The Bertz CT molecular complexity index is 664. The number of β-amino-alcohol motifs (C(OH)–C–C–N with tert-alkyl or cyclic N) is 1. The summed E-state index contributed by atoms with van der Waals surface area (Å²) in [7, 11) is 3.12. The summed E-state index contributed by atoms with van der Waals surface area (Å²) in [5.41, 5.74) is 0.848. The second kappa shape index (κ2) is 9.13. The van der Waals surface area contributed by atoms with Crippen molar-refractivity contribution >= 4 is 17.5 Å². The highest BCUT2D eigenvalue weighted by atomic mass is 35.5. The Labute approximate surface area is 166 Å². The molecule has 2 aliphatic rings. The van der Waals surface area contributed by atoms with E-state index >= 15 is 0 Å². The van der Waals surface area contributed by atoms with Crippen LogP contribution in [0, 0.1) is 0 Å². The zero-order valence-electron chi connectivity index (χ0n) is 16.1. The van der Waals surface area contributed by atoms with Gasteiger partial charge in [-0.05, 0) is 24.5 Å². The minimum atomic E-state index is -0.558. The zero-order valence-corrected chi connectivity index (χ0v) is 16.9. The SMILES string of the molecule is COc1ccc(CN2CC(=O)N(C3CCCCC3)CC(O)C2)c(Cl)c1OC. The predicted molar refractivity (Wildman–Crippen MR) is 104 cm³/mol. The third kappa shape index (κ3) is 4.68. The van der Waals surface area contributed by atoms with Crippen LogP contribution in [0.25, 0.3) is 0 Å². The van der Waals surface area contributed by atoms with E-state index < -0.39 is 6.10 Å². The van der Waals surface area contributed by atoms with Crippen molar-refractivity contribution in [2.75, 3.05) is 33.9 Å². The molecular formula is C20H29ClN2O4. The molecule has 1 aromatic rings. The Balaban J connectivity index is 1.73. The lowest BCUT2D eigenvalue weighted by atomic mass is 9.94. The molecule has 0 radical (unpaired) electrons. The van der Waals surface area contributed by atoms with Crippen LogP contribution in [-0.2, 0) is 11.3 Å². The van der Waals surface area contributed by atoms with E-state index in [1.807, 2.05) is 21.9 Å². The van der Waals surface area contributed by atoms with Gasteiger partial charge in [-0.1, -0.05) is 36.9 Å². The fourth-order valence-electron chi connectivity index (χ4n) is 4.19. The molecule has 1 saturated carbocycles. The summed E-state index contributed by atoms with van der Waals surface area (Å²) in [5.74, 6) is 1.15. The molecule has 0 bridgehead atoms. The Morgan fingerprint density at radius 1 is 1.15 bits per heavy atom. The van der Waals surface area contributed by atoms with Gasteiger partial charge in [0, 0.05) is 25.7 Å². The van der Waals surface area contributed by atoms with Crippen LogP contribution in [0.3, 0.4) is 0 Å². The normalized spacial score (nSPS) is 22.6. The molecule has 1 aliphatic carbocycles. The van der Waals surface area contributed by atoms with Gasteiger partial charge < -0.3 is 19.5 Å². The fraction of sp³-hybridized carbons (Fsp3) is 0.650. The van der Waals surface area contributed by atoms with Gasteiger partial charge in [-0.15, -0.1) is 0 Å². The first-order chi connectivity index (χ1) is 13.0. The van der Waals surface area contributed by atoms with E-state index in [1.165, 1.54) is 6.42 Å². The van der Waals surface area contributed by atoms with Crippen LogP contribution in [-0.4, -0.2) is 66.8 Å². The van der Waals surface area contributed by atoms with E-state index in [4.69, 9.17) is 21.1 Å². The highest BCUT2D eigenvalue weighted by Crippen LogP contribution is 2.37. The van der Waals surface area contributed by atoms with Crippen LogP contribution in [0.5, 0.6) is 11.5 Å². The standard InChI is InChI=1S/C20H29ClN2O4/c1-26-17-9-8-14(19(21)20(17)27-2)10-22-11-16(24)12-23(18(25)13-22)15-6-4-3-5-7-15/h8-9,15-16,24H,3-7,10-13H2,1-2H3. The molecule has 1 aliphatic heterocycles. The summed E-state index contributed by atoms with van der Waals surface area (Å²) in [6.07, 6.45) is 5.09. The molecule has 150 valence electrons. The quantitative estimate of drug-likeness (QED) is 0.829. The summed E-state index contributed by atoms with van der Waals surface area (Å²) in [6.45, 7) is 1.62. The third-order valence-electron chi connectivity index (χ3n) is 5.53. The zero-order chi connectivity index (χ0) is 19.4. The van der Waals surface area contributed by atoms with Gasteiger partial charge in [-0.25, -0.2) is 0 Å². The first kappa shape index (κ1) is 20.2. The fourth-order valence-corrected chi connectivity index (χ4v) is 4.48. The van der Waals surface area contributed by atoms with Gasteiger partial charge in [0.05, 0.1) is 31.9 Å². The maximum absolute atomic E-state index is 12.9. The van der Waals surface area contributed by atoms with Crippen molar-refractivity contribution in [1.29, 1.82) is 0 Å². The Morgan fingerprint density at radius 2 is 1.89 bits per heavy atom. The number of carbonyl (C=O) groups excluding carboxylic acids is 1. The van der Waals surface area contributed by atoms with Gasteiger partial charge >= 0.3 is 0 Å². The van der Waals surface area contributed by atoms with E-state index in [-0.39, 0.29) is 18.5 Å². The lowest BCUT2D eigenvalue weighted by Crippen LogP contribution is -2.45. The number of hydrogen-bond acceptors (Lipinski definition) is 5. The number of methoxy groups -OCH3 is 2. The molecule has 27 heavy (non-hydrogen) atoms. The number of rotatable bonds is 5. The Morgan fingerprint density at radius 3 is 2.56 bits per heavy atom. The Hall–Kier alpha value is -1.50. The summed E-state index contributed by atoms with van der Waals surface area (Å²) in [5, 5.41) is 11.0. The number of halogens is 1. The van der Waals surface area contributed by atoms with Crippen LogP contribution in [0.15, 0.2) is 12.1 Å². The topological polar surface area (TPSA) is 62.2 Å². The van der Waals surface area contributed by atoms with Gasteiger partial charge in [0.1, 0.15) is 0 Å². The van der Waals surface area contributed by atoms with E-state index in [1.54, 1.807) is 14.2 Å². The molecule has 2 fully saturated rings. The molecule has 0 spiro atoms. The van der Waals surface area contributed by atoms with Gasteiger partial charge in [0.25, 0.3) is 0 Å². The number of hydrogen-bond donors (Lipinski definition) is 1. The molecule has 1 amide bonds. The molecule has 1 unspecified atom stereocenters. The van der Waals surface area contributed by atoms with E-state index in [2.05, 4.69) is 0 Å². The number of benzene rings is 1. The average molecular weight is 397 g/mol. The monoisotopic (exact) mass is 396 g/mol. The third-order valence-corrected chi connectivity index (χ3v) is 5.94. The molecule has 1 heterocycles. The van der Waals surface area contributed by atoms with Crippen molar-refractivity contribution in [3.05, 3.63) is 22.7 Å². The molecule has 1 aromatic carbocycles. The number of nitrogens with zero attached hydrogens (tertiary/aromatic N) is 2. The molecule has 7 heteroatoms. The van der Waals surface area contributed by atoms with Gasteiger partial charge in [-0.2, -0.15) is 0 Å². The van der Waals surface area contributed by atoms with Gasteiger partial charge in [-0.3, -0.25) is 9.69 Å². The predicted octanol–water partition coefficient (Wildman–Crippen LogP) is 2.70. The maximum atomic E-state index is 12.9. The number of amides is 1. The molecule has 6 nitrogen and oxygen atoms in total. The van der Waals surface area contributed by atoms with Crippen molar-refractivity contribution in [2.24, 2.45) is 0 Å². The molecule has 3 rings (SSSR count). The van der Waals surface area contributed by atoms with E-state index in [0.29, 0.717) is 36.2 Å². The van der Waals surface area contributed by atoms with E-state index in [0.717, 1.165) is 31.2 Å². The van der Waals surface area contributed by atoms with Crippen molar-refractivity contribution in [3.8, 4) is 11.5 Å². The lowest BCUT2D eigenvalue weighted by Gasteiger charge is -2.34. The number of ether oxygens (including phenoxy) is 2. The first-order valence-corrected chi connectivity index (χ1v) is 10.0. The Kier molecular flexibility index (Phi) is 6.84. The first-order valence-electron chi connectivity index (χ1n) is 9.62. The minimum absolute atomic E-state index is 0.0926. The number of aliphatic hydroxyl groups is 1. The molecule has 1 atom stereocenters. The van der Waals surface area contributed by atoms with Gasteiger partial charge in [0.2, 0.25) is 5.91 Å². The average Bonchev–Trinajstić information content (AvgIpc) is 2.81. The number of aliphatic hydroxyl groups excluding tert-OH is 1. The summed E-state index contributed by atoms with van der Waals surface area (Å²) < 4.78 is 10.6. The summed E-state index contributed by atoms with van der Waals surface area (Å²) in [4.78, 5) is 16.7.